The topological polar surface area (TPSA) is 92.6 Å². The van der Waals surface area contributed by atoms with Crippen molar-refractivity contribution < 1.29 is 19.1 Å². The molecule has 2 atom stereocenters. The van der Waals surface area contributed by atoms with Gasteiger partial charge in [-0.15, -0.1) is 0 Å². The van der Waals surface area contributed by atoms with E-state index in [1.807, 2.05) is 84.7 Å². The second kappa shape index (κ2) is 11.1. The van der Waals surface area contributed by atoms with Crippen LogP contribution in [0.5, 0.6) is 11.5 Å². The quantitative estimate of drug-likeness (QED) is 0.454. The number of carbonyl (C=O) groups is 2. The van der Waals surface area contributed by atoms with Crippen LogP contribution in [0.4, 0.5) is 5.69 Å². The van der Waals surface area contributed by atoms with E-state index in [1.54, 1.807) is 14.2 Å². The number of carbonyl (C=O) groups excluding carboxylic acids is 2. The lowest BCUT2D eigenvalue weighted by atomic mass is 9.98. The molecule has 2 aliphatic rings. The maximum Gasteiger partial charge on any atom is 0.262 e. The summed E-state index contributed by atoms with van der Waals surface area (Å²) in [6.45, 7) is 1.98. The lowest BCUT2D eigenvalue weighted by Gasteiger charge is -2.23. The Morgan fingerprint density at radius 1 is 0.974 bits per heavy atom. The zero-order valence-electron chi connectivity index (χ0n) is 21.4. The smallest absolute Gasteiger partial charge is 0.262 e. The molecule has 2 aliphatic heterocycles. The molecule has 0 saturated heterocycles. The van der Waals surface area contributed by atoms with Crippen molar-refractivity contribution in [2.45, 2.75) is 31.1 Å². The summed E-state index contributed by atoms with van der Waals surface area (Å²) in [6.07, 6.45) is 0.658. The molecule has 1 N–H and O–H groups in total. The average Bonchev–Trinajstić information content (AvgIpc) is 3.54. The van der Waals surface area contributed by atoms with Crippen LogP contribution in [-0.4, -0.2) is 47.2 Å². The number of benzene rings is 3. The summed E-state index contributed by atoms with van der Waals surface area (Å²) in [5, 5.41) is 9.46. The first-order chi connectivity index (χ1) is 18.4. The number of amides is 2. The van der Waals surface area contributed by atoms with Crippen molar-refractivity contribution in [3.05, 3.63) is 89.5 Å². The van der Waals surface area contributed by atoms with E-state index in [0.29, 0.717) is 17.3 Å². The lowest BCUT2D eigenvalue weighted by Crippen LogP contribution is -2.25. The zero-order valence-corrected chi connectivity index (χ0v) is 22.2. The number of amidine groups is 1. The Hall–Kier alpha value is -4.11. The van der Waals surface area contributed by atoms with Gasteiger partial charge in [0.05, 0.1) is 26.0 Å². The molecule has 3 aromatic carbocycles. The largest absolute Gasteiger partial charge is 0.497 e. The molecule has 5 rings (SSSR count). The van der Waals surface area contributed by atoms with E-state index in [-0.39, 0.29) is 24.3 Å². The molecule has 2 amide bonds. The number of hydrogen-bond donors (Lipinski definition) is 1. The highest BCUT2D eigenvalue weighted by molar-refractivity contribution is 8.15. The minimum atomic E-state index is -0.604. The number of nitrogens with zero attached hydrogens (tertiary/aromatic N) is 3. The number of aliphatic imine (C=N–C) groups is 1. The Morgan fingerprint density at radius 3 is 2.24 bits per heavy atom. The summed E-state index contributed by atoms with van der Waals surface area (Å²) in [4.78, 5) is 29.8. The summed E-state index contributed by atoms with van der Waals surface area (Å²) >= 11 is 1.28. The van der Waals surface area contributed by atoms with E-state index in [9.17, 15) is 9.59 Å². The number of nitrogens with one attached hydrogen (secondary N) is 1. The van der Waals surface area contributed by atoms with Gasteiger partial charge in [0, 0.05) is 18.5 Å². The highest BCUT2D eigenvalue weighted by Crippen LogP contribution is 2.39. The van der Waals surface area contributed by atoms with Gasteiger partial charge in [-0.05, 0) is 66.6 Å². The third-order valence-corrected chi connectivity index (χ3v) is 7.61. The summed E-state index contributed by atoms with van der Waals surface area (Å²) in [6, 6.07) is 22.9. The van der Waals surface area contributed by atoms with Crippen molar-refractivity contribution in [3.63, 3.8) is 0 Å². The number of ether oxygens (including phenoxy) is 2. The number of thioether (sulfide) groups is 1. The molecule has 3 aromatic rings. The third-order valence-electron chi connectivity index (χ3n) is 6.47. The Kier molecular flexibility index (Phi) is 7.46. The fraction of sp³-hybridized carbons (Fsp3) is 0.241. The zero-order chi connectivity index (χ0) is 26.6. The number of anilines is 1. The van der Waals surface area contributed by atoms with Crippen LogP contribution in [0.15, 0.2) is 82.9 Å². The van der Waals surface area contributed by atoms with Crippen LogP contribution < -0.4 is 14.8 Å². The van der Waals surface area contributed by atoms with Crippen LogP contribution >= 0.6 is 11.8 Å². The van der Waals surface area contributed by atoms with E-state index >= 15 is 0 Å². The summed E-state index contributed by atoms with van der Waals surface area (Å²) in [5.74, 6) is 0.971. The molecule has 9 heteroatoms. The van der Waals surface area contributed by atoms with Gasteiger partial charge in [-0.25, -0.2) is 5.01 Å². The maximum absolute atomic E-state index is 12.8. The highest BCUT2D eigenvalue weighted by atomic mass is 32.2. The molecule has 38 heavy (non-hydrogen) atoms. The fourth-order valence-electron chi connectivity index (χ4n) is 4.35. The number of methoxy groups -OCH3 is 2. The predicted octanol–water partition coefficient (Wildman–Crippen LogP) is 5.19. The highest BCUT2D eigenvalue weighted by Gasteiger charge is 2.39. The normalized spacial score (nSPS) is 18.7. The minimum absolute atomic E-state index is 0.0282. The molecule has 0 spiro atoms. The van der Waals surface area contributed by atoms with Crippen LogP contribution in [0, 0.1) is 6.92 Å². The Morgan fingerprint density at radius 2 is 1.61 bits per heavy atom. The van der Waals surface area contributed by atoms with Crippen molar-refractivity contribution >= 4 is 40.1 Å². The molecule has 2 heterocycles. The van der Waals surface area contributed by atoms with Gasteiger partial charge < -0.3 is 14.8 Å². The van der Waals surface area contributed by atoms with E-state index in [2.05, 4.69) is 10.3 Å². The van der Waals surface area contributed by atoms with Crippen molar-refractivity contribution in [3.8, 4) is 11.5 Å². The summed E-state index contributed by atoms with van der Waals surface area (Å²) < 4.78 is 10.6. The van der Waals surface area contributed by atoms with Gasteiger partial charge in [0.2, 0.25) is 5.91 Å². The fourth-order valence-corrected chi connectivity index (χ4v) is 5.41. The van der Waals surface area contributed by atoms with E-state index in [1.165, 1.54) is 11.8 Å². The molecule has 8 nitrogen and oxygen atoms in total. The van der Waals surface area contributed by atoms with Crippen LogP contribution in [-0.2, 0) is 9.59 Å². The van der Waals surface area contributed by atoms with E-state index in [0.717, 1.165) is 33.9 Å². The predicted molar refractivity (Wildman–Crippen MR) is 150 cm³/mol. The molecule has 0 bridgehead atoms. The second-order valence-corrected chi connectivity index (χ2v) is 10.2. The van der Waals surface area contributed by atoms with Crippen LogP contribution in [0.3, 0.4) is 0 Å². The monoisotopic (exact) mass is 528 g/mol. The van der Waals surface area contributed by atoms with Crippen molar-refractivity contribution in [2.75, 3.05) is 19.5 Å². The van der Waals surface area contributed by atoms with Gasteiger partial charge >= 0.3 is 0 Å². The minimum Gasteiger partial charge on any atom is -0.497 e. The van der Waals surface area contributed by atoms with E-state index in [4.69, 9.17) is 14.6 Å². The maximum atomic E-state index is 12.8. The molecule has 0 saturated carbocycles. The molecule has 0 fully saturated rings. The van der Waals surface area contributed by atoms with Gasteiger partial charge in [-0.3, -0.25) is 9.59 Å². The first-order valence-electron chi connectivity index (χ1n) is 12.2. The molecule has 0 aromatic heterocycles. The number of hydrogen-bond acceptors (Lipinski definition) is 7. The van der Waals surface area contributed by atoms with Gasteiger partial charge in [-0.1, -0.05) is 41.6 Å². The van der Waals surface area contributed by atoms with Crippen LogP contribution in [0.25, 0.3) is 0 Å². The van der Waals surface area contributed by atoms with Gasteiger partial charge in [0.25, 0.3) is 5.91 Å². The number of rotatable bonds is 7. The second-order valence-electron chi connectivity index (χ2n) is 9.07. The summed E-state index contributed by atoms with van der Waals surface area (Å²) in [5.41, 5.74) is 4.68. The third kappa shape index (κ3) is 5.57. The standard InChI is InChI=1S/C29H28N4O4S/c1-18-4-10-21(11-5-18)30-27(34)17-26-28(35)31-29(38-26)33-25(20-8-14-23(37-3)15-9-20)16-24(32-33)19-6-12-22(36-2)13-7-19/h4-15,25-26H,16-17H2,1-3H3,(H,30,34)/t25-,26+/m0/s1. The van der Waals surface area contributed by atoms with Crippen molar-refractivity contribution in [2.24, 2.45) is 10.1 Å². The molecule has 0 aliphatic carbocycles. The Balaban J connectivity index is 1.35. The van der Waals surface area contributed by atoms with Gasteiger partial charge in [-0.2, -0.15) is 10.1 Å². The molecule has 0 radical (unpaired) electrons. The molecular weight excluding hydrogens is 500 g/mol. The lowest BCUT2D eigenvalue weighted by molar-refractivity contribution is -0.121. The van der Waals surface area contributed by atoms with Crippen LogP contribution in [0.2, 0.25) is 0 Å². The number of aryl methyl sites for hydroxylation is 1. The molecular formula is C29H28N4O4S. The SMILES string of the molecule is COc1ccc(C2=NN(C3=NC(=O)[C@@H](CC(=O)Nc4ccc(C)cc4)S3)[C@H](c3ccc(OC)cc3)C2)cc1. The van der Waals surface area contributed by atoms with E-state index < -0.39 is 5.25 Å². The molecule has 0 unspecified atom stereocenters. The summed E-state index contributed by atoms with van der Waals surface area (Å²) in [7, 11) is 3.26. The first kappa shape index (κ1) is 25.5. The average molecular weight is 529 g/mol. The van der Waals surface area contributed by atoms with Crippen LogP contribution in [0.1, 0.15) is 35.6 Å². The Bertz CT molecular complexity index is 1390. The van der Waals surface area contributed by atoms with Crippen molar-refractivity contribution in [1.29, 1.82) is 0 Å². The Labute approximate surface area is 225 Å². The van der Waals surface area contributed by atoms with Gasteiger partial charge in [0.15, 0.2) is 5.17 Å². The van der Waals surface area contributed by atoms with Crippen molar-refractivity contribution in [1.82, 2.24) is 5.01 Å². The number of hydrazone groups is 1. The molecule has 194 valence electrons. The van der Waals surface area contributed by atoms with Gasteiger partial charge in [0.1, 0.15) is 16.7 Å². The first-order valence-corrected chi connectivity index (χ1v) is 13.1.